The van der Waals surface area contributed by atoms with Gasteiger partial charge in [-0.1, -0.05) is 310 Å². The average Bonchev–Trinajstić information content (AvgIpc) is 0.783. The summed E-state index contributed by atoms with van der Waals surface area (Å²) in [5.41, 5.74) is 0. The largest absolute Gasteiger partial charge is 0.394 e. The highest BCUT2D eigenvalue weighted by atomic mass is 16.8. The van der Waals surface area contributed by atoms with Crippen LogP contribution in [-0.4, -0.2) is 193 Å². The standard InChI is InChI=1S/C85H149NO18/c1-3-5-7-9-11-13-15-17-19-21-23-25-26-27-28-29-30-31-32-33-34-35-36-37-38-39-40-41-42-43-45-47-49-51-53-55-57-59-61-63-73(91)86-68(69(90)62-60-58-56-54-52-50-48-46-44-24-22-20-18-16-14-12-10-8-6-4-2)67-99-83-79(97)76(94)81(71(65-88)101-83)104-85-80(98)77(95)82(72(66-89)102-85)103-84-78(96)75(93)74(92)70(64-87)100-84/h5,7,11,13,17,19,23,25,27-28,30-31,52,54,60,62,68-72,74-85,87-90,92-98H,3-4,6,8-10,12,14-16,18,20-22,24,26,29,32-51,53,55-59,61,63-67H2,1-2H3,(H,86,91)/b7-5-,13-11-,19-17-,25-23-,28-27-,31-30-,54-52+,62-60+. The number of hydrogen-bond acceptors (Lipinski definition) is 18. The maximum absolute atomic E-state index is 13.5. The summed E-state index contributed by atoms with van der Waals surface area (Å²) in [6, 6.07) is -0.994. The maximum atomic E-state index is 13.5. The van der Waals surface area contributed by atoms with E-state index < -0.39 is 124 Å². The van der Waals surface area contributed by atoms with E-state index in [2.05, 4.69) is 104 Å². The fourth-order valence-electron chi connectivity index (χ4n) is 13.5. The lowest BCUT2D eigenvalue weighted by Gasteiger charge is -2.48. The van der Waals surface area contributed by atoms with Crippen molar-refractivity contribution in [3.05, 3.63) is 97.2 Å². The summed E-state index contributed by atoms with van der Waals surface area (Å²) in [5.74, 6) is -0.283. The van der Waals surface area contributed by atoms with Gasteiger partial charge in [-0.15, -0.1) is 0 Å². The highest BCUT2D eigenvalue weighted by Gasteiger charge is 2.54. The van der Waals surface area contributed by atoms with Gasteiger partial charge in [0.1, 0.15) is 73.2 Å². The quantitative estimate of drug-likeness (QED) is 0.0199. The third-order valence-electron chi connectivity index (χ3n) is 20.1. The van der Waals surface area contributed by atoms with E-state index in [0.717, 1.165) is 77.0 Å². The number of hydrogen-bond donors (Lipinski definition) is 12. The van der Waals surface area contributed by atoms with Crippen LogP contribution in [0.2, 0.25) is 0 Å². The van der Waals surface area contributed by atoms with Crippen molar-refractivity contribution in [2.75, 3.05) is 26.4 Å². The Morgan fingerprint density at radius 2 is 0.673 bits per heavy atom. The monoisotopic (exact) mass is 1470 g/mol. The van der Waals surface area contributed by atoms with Gasteiger partial charge in [-0.25, -0.2) is 0 Å². The Bertz CT molecular complexity index is 2260. The molecule has 17 atom stereocenters. The van der Waals surface area contributed by atoms with Crippen molar-refractivity contribution in [2.24, 2.45) is 0 Å². The van der Waals surface area contributed by atoms with Crippen molar-refractivity contribution in [1.82, 2.24) is 5.32 Å². The van der Waals surface area contributed by atoms with E-state index in [0.29, 0.717) is 12.8 Å². The number of unbranched alkanes of at least 4 members (excludes halogenated alkanes) is 35. The fourth-order valence-corrected chi connectivity index (χ4v) is 13.5. The first-order valence-corrected chi connectivity index (χ1v) is 41.5. The summed E-state index contributed by atoms with van der Waals surface area (Å²) in [6.07, 6.45) is 61.2. The van der Waals surface area contributed by atoms with Crippen LogP contribution >= 0.6 is 0 Å². The van der Waals surface area contributed by atoms with E-state index in [9.17, 15) is 61.0 Å². The van der Waals surface area contributed by atoms with Crippen LogP contribution in [0.5, 0.6) is 0 Å². The van der Waals surface area contributed by atoms with E-state index in [1.54, 1.807) is 6.08 Å². The van der Waals surface area contributed by atoms with Crippen LogP contribution in [0.3, 0.4) is 0 Å². The van der Waals surface area contributed by atoms with Crippen LogP contribution in [0.4, 0.5) is 0 Å². The SMILES string of the molecule is CC/C=C\C/C=C\C/C=C\C/C=C\C/C=C\C/C=C\CCCCCCCCCCCCCCCCCCCCCCC(=O)NC(COC1OC(CO)C(OC2OC(CO)C(OC3OC(CO)C(O)C(O)C3O)C(O)C2O)C(O)C1O)C(O)/C=C/CC/C=C/CCCCCCCCCCCCCCCC. The number of rotatable bonds is 65. The van der Waals surface area contributed by atoms with E-state index >= 15 is 0 Å². The first kappa shape index (κ1) is 94.9. The summed E-state index contributed by atoms with van der Waals surface area (Å²) < 4.78 is 34.4. The van der Waals surface area contributed by atoms with Crippen LogP contribution in [0, 0.1) is 0 Å². The molecule has 3 fully saturated rings. The number of carbonyl (C=O) groups excluding carboxylic acids is 1. The van der Waals surface area contributed by atoms with E-state index in [4.69, 9.17) is 28.4 Å². The maximum Gasteiger partial charge on any atom is 0.220 e. The zero-order valence-corrected chi connectivity index (χ0v) is 64.5. The van der Waals surface area contributed by atoms with Gasteiger partial charge in [0.05, 0.1) is 38.6 Å². The second kappa shape index (κ2) is 64.5. The van der Waals surface area contributed by atoms with Crippen LogP contribution in [-0.2, 0) is 33.2 Å². The molecule has 17 unspecified atom stereocenters. The third kappa shape index (κ3) is 43.8. The summed E-state index contributed by atoms with van der Waals surface area (Å²) in [7, 11) is 0. The second-order valence-electron chi connectivity index (χ2n) is 29.2. The number of ether oxygens (including phenoxy) is 6. The summed E-state index contributed by atoms with van der Waals surface area (Å²) >= 11 is 0. The van der Waals surface area contributed by atoms with Crippen molar-refractivity contribution >= 4 is 5.91 Å². The van der Waals surface area contributed by atoms with Gasteiger partial charge in [0.25, 0.3) is 0 Å². The highest BCUT2D eigenvalue weighted by molar-refractivity contribution is 5.76. The van der Waals surface area contributed by atoms with Crippen LogP contribution in [0.25, 0.3) is 0 Å². The molecule has 0 aromatic carbocycles. The Hall–Kier alpha value is -3.29. The number of aliphatic hydroxyl groups excluding tert-OH is 11. The molecule has 1 amide bonds. The summed E-state index contributed by atoms with van der Waals surface area (Å²) in [6.45, 7) is 1.63. The third-order valence-corrected chi connectivity index (χ3v) is 20.1. The van der Waals surface area contributed by atoms with Gasteiger partial charge in [0, 0.05) is 6.42 Å². The lowest BCUT2D eigenvalue weighted by Crippen LogP contribution is -2.66. The summed E-state index contributed by atoms with van der Waals surface area (Å²) in [4.78, 5) is 13.5. The number of nitrogens with one attached hydrogen (secondary N) is 1. The van der Waals surface area contributed by atoms with Gasteiger partial charge in [0.15, 0.2) is 18.9 Å². The average molecular weight is 1470 g/mol. The molecule has 602 valence electrons. The normalized spacial score (nSPS) is 26.4. The minimum atomic E-state index is -1.98. The van der Waals surface area contributed by atoms with Gasteiger partial charge in [0.2, 0.25) is 5.91 Å². The number of allylic oxidation sites excluding steroid dienone is 15. The van der Waals surface area contributed by atoms with Crippen molar-refractivity contribution in [3.63, 3.8) is 0 Å². The molecular weight excluding hydrogens is 1320 g/mol. The molecule has 12 N–H and O–H groups in total. The highest BCUT2D eigenvalue weighted by Crippen LogP contribution is 2.33. The van der Waals surface area contributed by atoms with Gasteiger partial charge in [-0.05, 0) is 83.5 Å². The molecule has 0 saturated carbocycles. The topological polar surface area (TPSA) is 307 Å². The Kier molecular flexibility index (Phi) is 58.9. The first-order valence-electron chi connectivity index (χ1n) is 41.5. The zero-order chi connectivity index (χ0) is 75.3. The van der Waals surface area contributed by atoms with E-state index in [-0.39, 0.29) is 18.9 Å². The summed E-state index contributed by atoms with van der Waals surface area (Å²) in [5, 5.41) is 121. The second-order valence-corrected chi connectivity index (χ2v) is 29.2. The minimum absolute atomic E-state index is 0.234. The predicted molar refractivity (Wildman–Crippen MR) is 415 cm³/mol. The van der Waals surface area contributed by atoms with E-state index in [1.807, 2.05) is 6.08 Å². The molecular formula is C85H149NO18. The Morgan fingerprint density at radius 3 is 1.08 bits per heavy atom. The predicted octanol–water partition coefficient (Wildman–Crippen LogP) is 14.3. The molecule has 19 nitrogen and oxygen atoms in total. The molecule has 104 heavy (non-hydrogen) atoms. The Morgan fingerprint density at radius 1 is 0.356 bits per heavy atom. The van der Waals surface area contributed by atoms with Gasteiger partial charge in [-0.3, -0.25) is 4.79 Å². The molecule has 3 rings (SSSR count). The molecule has 3 aliphatic rings. The molecule has 0 aromatic heterocycles. The fraction of sp³-hybridized carbons (Fsp3) is 0.800. The lowest BCUT2D eigenvalue weighted by atomic mass is 9.96. The van der Waals surface area contributed by atoms with E-state index in [1.165, 1.54) is 193 Å². The molecule has 3 saturated heterocycles. The van der Waals surface area contributed by atoms with Gasteiger partial charge >= 0.3 is 0 Å². The first-order chi connectivity index (χ1) is 50.8. The van der Waals surface area contributed by atoms with Crippen molar-refractivity contribution in [1.29, 1.82) is 0 Å². The van der Waals surface area contributed by atoms with Gasteiger partial charge in [-0.2, -0.15) is 0 Å². The lowest BCUT2D eigenvalue weighted by molar-refractivity contribution is -0.379. The smallest absolute Gasteiger partial charge is 0.220 e. The molecule has 3 heterocycles. The molecule has 0 bridgehead atoms. The number of aliphatic hydroxyl groups is 11. The molecule has 0 aliphatic carbocycles. The van der Waals surface area contributed by atoms with Crippen molar-refractivity contribution in [2.45, 2.75) is 407 Å². The molecule has 0 radical (unpaired) electrons. The van der Waals surface area contributed by atoms with Crippen molar-refractivity contribution in [3.8, 4) is 0 Å². The van der Waals surface area contributed by atoms with Crippen LogP contribution in [0.15, 0.2) is 97.2 Å². The molecule has 3 aliphatic heterocycles. The molecule has 0 aromatic rings. The Balaban J connectivity index is 1.32. The van der Waals surface area contributed by atoms with Crippen LogP contribution < -0.4 is 5.32 Å². The number of carbonyl (C=O) groups is 1. The van der Waals surface area contributed by atoms with Gasteiger partial charge < -0.3 is 89.9 Å². The van der Waals surface area contributed by atoms with Crippen molar-refractivity contribution < 1.29 is 89.4 Å². The minimum Gasteiger partial charge on any atom is -0.394 e. The molecule has 19 heteroatoms. The Labute approximate surface area is 628 Å². The zero-order valence-electron chi connectivity index (χ0n) is 64.5. The number of amides is 1. The molecule has 0 spiro atoms. The van der Waals surface area contributed by atoms with Crippen LogP contribution in [0.1, 0.15) is 303 Å².